The molecule has 1 aliphatic heterocycles. The lowest BCUT2D eigenvalue weighted by molar-refractivity contribution is -0.0979. The molecule has 0 saturated carbocycles. The molecular formula is C5H6Cl2N2O. The maximum atomic E-state index is 8.00. The molecule has 0 atom stereocenters. The van der Waals surface area contributed by atoms with Crippen LogP contribution in [0, 0.1) is 0 Å². The Kier molecular flexibility index (Phi) is 4.98. The first-order valence-corrected chi connectivity index (χ1v) is 3.09. The second-order valence-electron chi connectivity index (χ2n) is 1.37. The van der Waals surface area contributed by atoms with Crippen LogP contribution < -0.4 is 0 Å². The van der Waals surface area contributed by atoms with E-state index in [0.29, 0.717) is 11.7 Å². The topological polar surface area (TPSA) is 32.7 Å². The van der Waals surface area contributed by atoms with Gasteiger partial charge in [0.1, 0.15) is 13.5 Å². The zero-order valence-corrected chi connectivity index (χ0v) is 6.64. The summed E-state index contributed by atoms with van der Waals surface area (Å²) in [6.45, 7) is 2.48. The fourth-order valence-corrected chi connectivity index (χ4v) is 0.818. The summed E-state index contributed by atoms with van der Waals surface area (Å²) in [5.74, 6) is 0. The predicted molar refractivity (Wildman–Crippen MR) is 42.1 cm³/mol. The van der Waals surface area contributed by atoms with Crippen molar-refractivity contribution in [2.24, 2.45) is 4.99 Å². The quantitative estimate of drug-likeness (QED) is 0.528. The van der Waals surface area contributed by atoms with Crippen LogP contribution in [-0.4, -0.2) is 24.1 Å². The van der Waals surface area contributed by atoms with Gasteiger partial charge in [-0.25, -0.2) is 0 Å². The van der Waals surface area contributed by atoms with Crippen molar-refractivity contribution in [3.05, 3.63) is 11.2 Å². The molecule has 5 heteroatoms. The fourth-order valence-electron chi connectivity index (χ4n) is 0.414. The van der Waals surface area contributed by atoms with E-state index in [2.05, 4.69) is 4.99 Å². The molecule has 0 aromatic rings. The lowest BCUT2D eigenvalue weighted by Crippen LogP contribution is -2.08. The Balaban J connectivity index is 0.000000371. The van der Waals surface area contributed by atoms with Crippen molar-refractivity contribution in [2.45, 2.75) is 0 Å². The van der Waals surface area contributed by atoms with Gasteiger partial charge in [0.2, 0.25) is 0 Å². The van der Waals surface area contributed by atoms with Gasteiger partial charge in [0.05, 0.1) is 5.03 Å². The summed E-state index contributed by atoms with van der Waals surface area (Å²) in [5.41, 5.74) is 0. The number of carbonyl (C=O) groups excluding carboxylic acids is 1. The Morgan fingerprint density at radius 3 is 2.60 bits per heavy atom. The molecule has 0 aromatic heterocycles. The molecule has 56 valence electrons. The molecule has 0 amide bonds. The van der Waals surface area contributed by atoms with Crippen molar-refractivity contribution in [3.63, 3.8) is 0 Å². The number of allylic oxidation sites excluding steroid dienone is 1. The van der Waals surface area contributed by atoms with Crippen molar-refractivity contribution in [2.75, 3.05) is 6.67 Å². The highest BCUT2D eigenvalue weighted by Crippen LogP contribution is 2.07. The van der Waals surface area contributed by atoms with Crippen LogP contribution in [0.25, 0.3) is 0 Å². The first kappa shape index (κ1) is 9.46. The zero-order chi connectivity index (χ0) is 7.98. The van der Waals surface area contributed by atoms with Crippen LogP contribution >= 0.6 is 23.4 Å². The molecule has 3 nitrogen and oxygen atoms in total. The van der Waals surface area contributed by atoms with Gasteiger partial charge in [-0.2, -0.15) is 0 Å². The summed E-state index contributed by atoms with van der Waals surface area (Å²) < 4.78 is 1.39. The zero-order valence-electron chi connectivity index (χ0n) is 5.13. The molecule has 1 heterocycles. The van der Waals surface area contributed by atoms with Crippen molar-refractivity contribution >= 4 is 36.4 Å². The molecule has 1 rings (SSSR count). The number of rotatable bonds is 0. The Morgan fingerprint density at radius 1 is 1.70 bits per heavy atom. The van der Waals surface area contributed by atoms with E-state index in [-0.39, 0.29) is 0 Å². The molecule has 0 saturated heterocycles. The van der Waals surface area contributed by atoms with E-state index in [0.717, 1.165) is 0 Å². The highest BCUT2D eigenvalue weighted by molar-refractivity contribution is 6.39. The summed E-state index contributed by atoms with van der Waals surface area (Å²) in [7, 11) is 0. The minimum atomic E-state index is 0.484. The summed E-state index contributed by atoms with van der Waals surface area (Å²) in [6.07, 6.45) is 3.18. The average Bonchev–Trinajstić information content (AvgIpc) is 1.91. The van der Waals surface area contributed by atoms with Gasteiger partial charge < -0.3 is 4.79 Å². The minimum Gasteiger partial charge on any atom is -0.307 e. The van der Waals surface area contributed by atoms with E-state index < -0.39 is 0 Å². The van der Waals surface area contributed by atoms with E-state index in [4.69, 9.17) is 28.2 Å². The van der Waals surface area contributed by atoms with Crippen LogP contribution in [0.3, 0.4) is 0 Å². The van der Waals surface area contributed by atoms with Gasteiger partial charge in [0, 0.05) is 24.2 Å². The van der Waals surface area contributed by atoms with Crippen LogP contribution in [0.2, 0.25) is 0 Å². The van der Waals surface area contributed by atoms with Gasteiger partial charge in [0.15, 0.2) is 0 Å². The second-order valence-corrected chi connectivity index (χ2v) is 2.24. The molecule has 0 N–H and O–H groups in total. The molecule has 0 aromatic carbocycles. The van der Waals surface area contributed by atoms with Gasteiger partial charge in [-0.15, -0.1) is 0 Å². The second kappa shape index (κ2) is 5.26. The predicted octanol–water partition coefficient (Wildman–Crippen LogP) is 1.38. The summed E-state index contributed by atoms with van der Waals surface area (Å²) in [6, 6.07) is 0. The van der Waals surface area contributed by atoms with E-state index >= 15 is 0 Å². The lowest BCUT2D eigenvalue weighted by Gasteiger charge is -2.09. The van der Waals surface area contributed by atoms with Crippen molar-refractivity contribution in [1.29, 1.82) is 0 Å². The van der Waals surface area contributed by atoms with Crippen molar-refractivity contribution < 1.29 is 4.79 Å². The normalized spacial score (nSPS) is 15.4. The van der Waals surface area contributed by atoms with Crippen LogP contribution in [0.1, 0.15) is 0 Å². The average molecular weight is 181 g/mol. The standard InChI is InChI=1S/C4H4Cl2N2.CH2O/c5-4-1-7-3-8(6)2-4;1-2/h1-2H,3H2;1H2. The molecule has 0 radical (unpaired) electrons. The molecule has 0 fully saturated rings. The Bertz CT molecular complexity index is 158. The number of aliphatic imine (C=N–C) groups is 1. The van der Waals surface area contributed by atoms with Crippen LogP contribution in [-0.2, 0) is 4.79 Å². The molecule has 0 spiro atoms. The van der Waals surface area contributed by atoms with Crippen molar-refractivity contribution in [3.8, 4) is 0 Å². The molecule has 0 aliphatic carbocycles. The smallest absolute Gasteiger partial charge is 0.125 e. The highest BCUT2D eigenvalue weighted by atomic mass is 35.5. The van der Waals surface area contributed by atoms with Crippen LogP contribution in [0.5, 0.6) is 0 Å². The third kappa shape index (κ3) is 3.48. The maximum absolute atomic E-state index is 8.00. The Labute approximate surface area is 69.0 Å². The lowest BCUT2D eigenvalue weighted by atomic mass is 10.6. The molecule has 0 unspecified atom stereocenters. The Hall–Kier alpha value is -0.540. The van der Waals surface area contributed by atoms with Gasteiger partial charge in [-0.05, 0) is 0 Å². The van der Waals surface area contributed by atoms with Crippen molar-refractivity contribution in [1.82, 2.24) is 4.42 Å². The molecule has 10 heavy (non-hydrogen) atoms. The number of carbonyl (C=O) groups is 1. The van der Waals surface area contributed by atoms with Gasteiger partial charge in [0.25, 0.3) is 0 Å². The number of hydrogen-bond donors (Lipinski definition) is 0. The van der Waals surface area contributed by atoms with Gasteiger partial charge >= 0.3 is 0 Å². The number of nitrogens with zero attached hydrogens (tertiary/aromatic N) is 2. The summed E-state index contributed by atoms with van der Waals surface area (Å²) in [5, 5.41) is 0.561. The Morgan fingerprint density at radius 2 is 2.30 bits per heavy atom. The van der Waals surface area contributed by atoms with E-state index in [1.165, 1.54) is 4.42 Å². The van der Waals surface area contributed by atoms with Gasteiger partial charge in [-0.1, -0.05) is 11.6 Å². The number of halogens is 2. The molecule has 0 bridgehead atoms. The molecule has 1 aliphatic rings. The van der Waals surface area contributed by atoms with Crippen LogP contribution in [0.15, 0.2) is 16.2 Å². The van der Waals surface area contributed by atoms with E-state index in [9.17, 15) is 0 Å². The first-order chi connectivity index (χ1) is 4.79. The van der Waals surface area contributed by atoms with Crippen LogP contribution in [0.4, 0.5) is 0 Å². The third-order valence-electron chi connectivity index (χ3n) is 0.695. The third-order valence-corrected chi connectivity index (χ3v) is 1.09. The SMILES string of the molecule is C=O.ClC1=CN(Cl)CN=C1. The highest BCUT2D eigenvalue weighted by Gasteiger charge is 1.98. The van der Waals surface area contributed by atoms with E-state index in [1.54, 1.807) is 12.4 Å². The maximum Gasteiger partial charge on any atom is 0.125 e. The fraction of sp³-hybridized carbons (Fsp3) is 0.200. The monoisotopic (exact) mass is 180 g/mol. The summed E-state index contributed by atoms with van der Waals surface area (Å²) >= 11 is 11.0. The first-order valence-electron chi connectivity index (χ1n) is 2.37. The molecular weight excluding hydrogens is 175 g/mol. The van der Waals surface area contributed by atoms with E-state index in [1.807, 2.05) is 6.79 Å². The van der Waals surface area contributed by atoms with Gasteiger partial charge in [-0.3, -0.25) is 9.41 Å². The largest absolute Gasteiger partial charge is 0.307 e. The number of hydrogen-bond acceptors (Lipinski definition) is 3. The minimum absolute atomic E-state index is 0.484. The summed E-state index contributed by atoms with van der Waals surface area (Å²) in [4.78, 5) is 11.8.